The Balaban J connectivity index is 1.84. The Morgan fingerprint density at radius 2 is 1.81 bits per heavy atom. The molecule has 4 aromatic rings. The van der Waals surface area contributed by atoms with Crippen LogP contribution in [0.5, 0.6) is 0 Å². The predicted molar refractivity (Wildman–Crippen MR) is 129 cm³/mol. The molecule has 8 heteroatoms. The molecule has 0 unspecified atom stereocenters. The Labute approximate surface area is 199 Å². The number of thiazole rings is 1. The molecule has 5 rings (SSSR count). The van der Waals surface area contributed by atoms with Crippen molar-refractivity contribution >= 4 is 35.2 Å². The molecule has 2 aromatic heterocycles. The highest BCUT2D eigenvalue weighted by Crippen LogP contribution is 2.46. The fourth-order valence-electron chi connectivity index (χ4n) is 4.21. The predicted octanol–water partition coefficient (Wildman–Crippen LogP) is 5.96. The van der Waals surface area contributed by atoms with E-state index < -0.39 is 0 Å². The zero-order valence-corrected chi connectivity index (χ0v) is 19.8. The number of aromatic nitrogens is 3. The summed E-state index contributed by atoms with van der Waals surface area (Å²) in [6.07, 6.45) is 0.715. The van der Waals surface area contributed by atoms with Crippen LogP contribution < -0.4 is 5.49 Å². The highest BCUT2D eigenvalue weighted by molar-refractivity contribution is 7.73. The van der Waals surface area contributed by atoms with Gasteiger partial charge >= 0.3 is 0 Å². The molecule has 0 spiro atoms. The van der Waals surface area contributed by atoms with E-state index in [1.807, 2.05) is 30.3 Å². The lowest BCUT2D eigenvalue weighted by atomic mass is 9.76. The van der Waals surface area contributed by atoms with Gasteiger partial charge in [-0.2, -0.15) is 10.4 Å². The van der Waals surface area contributed by atoms with Crippen LogP contribution >= 0.6 is 35.2 Å². The number of nitrogens with one attached hydrogen (secondary N) is 1. The van der Waals surface area contributed by atoms with E-state index in [4.69, 9.17) is 34.3 Å². The summed E-state index contributed by atoms with van der Waals surface area (Å²) in [6, 6.07) is 19.4. The Morgan fingerprint density at radius 3 is 2.47 bits per heavy atom. The zero-order chi connectivity index (χ0) is 22.6. The summed E-state index contributed by atoms with van der Waals surface area (Å²) in [5.74, 6) is 0. The summed E-state index contributed by atoms with van der Waals surface area (Å²) < 4.78 is 4.33. The topological polar surface area (TPSA) is 70.4 Å². The van der Waals surface area contributed by atoms with Gasteiger partial charge in [0.15, 0.2) is 9.44 Å². The number of nitriles is 1. The number of halogens is 1. The summed E-state index contributed by atoms with van der Waals surface area (Å²) in [5.41, 5.74) is 4.25. The molecule has 158 valence electrons. The number of hydrogen-bond donors (Lipinski definition) is 1. The van der Waals surface area contributed by atoms with E-state index in [-0.39, 0.29) is 10.9 Å². The van der Waals surface area contributed by atoms with Crippen LogP contribution in [0.15, 0.2) is 54.6 Å². The number of rotatable bonds is 2. The van der Waals surface area contributed by atoms with Crippen molar-refractivity contribution in [1.29, 1.82) is 10.7 Å². The molecule has 1 aliphatic rings. The second-order valence-electron chi connectivity index (χ2n) is 8.32. The van der Waals surface area contributed by atoms with Gasteiger partial charge in [-0.15, -0.1) is 11.3 Å². The molecule has 1 N–H and O–H groups in total. The normalized spacial score (nSPS) is 13.8. The molecule has 0 fully saturated rings. The average Bonchev–Trinajstić information content (AvgIpc) is 3.09. The van der Waals surface area contributed by atoms with Gasteiger partial charge in [0, 0.05) is 33.8 Å². The first kappa shape index (κ1) is 20.8. The molecular weight excluding hydrogens is 458 g/mol. The second-order valence-corrected chi connectivity index (χ2v) is 10.4. The maximum atomic E-state index is 10.1. The van der Waals surface area contributed by atoms with Gasteiger partial charge in [-0.1, -0.05) is 43.6 Å². The van der Waals surface area contributed by atoms with Crippen LogP contribution in [0.2, 0.25) is 5.02 Å². The SMILES string of the molecule is CC1(C)Cc2c(sc(=S)n2-c2ccccc2)-c2c1nn(-c1ccc(Cl)cc1)c(=N)c2C#N. The van der Waals surface area contributed by atoms with Crippen LogP contribution in [0, 0.1) is 20.7 Å². The van der Waals surface area contributed by atoms with Gasteiger partial charge in [-0.3, -0.25) is 9.98 Å². The Hall–Kier alpha value is -3.05. The molecule has 1 aliphatic carbocycles. The van der Waals surface area contributed by atoms with Gasteiger partial charge in [-0.05, 0) is 48.6 Å². The third-order valence-electron chi connectivity index (χ3n) is 5.71. The van der Waals surface area contributed by atoms with Crippen LogP contribution in [0.4, 0.5) is 0 Å². The summed E-state index contributed by atoms with van der Waals surface area (Å²) >= 11 is 13.3. The Morgan fingerprint density at radius 1 is 1.12 bits per heavy atom. The molecule has 0 bridgehead atoms. The van der Waals surface area contributed by atoms with Crippen LogP contribution in [-0.4, -0.2) is 14.3 Å². The summed E-state index contributed by atoms with van der Waals surface area (Å²) in [6.45, 7) is 4.24. The molecule has 0 radical (unpaired) electrons. The quantitative estimate of drug-likeness (QED) is 0.363. The van der Waals surface area contributed by atoms with Crippen molar-refractivity contribution in [2.24, 2.45) is 0 Å². The van der Waals surface area contributed by atoms with Gasteiger partial charge in [0.25, 0.3) is 0 Å². The first-order valence-electron chi connectivity index (χ1n) is 10.0. The maximum Gasteiger partial charge on any atom is 0.166 e. The highest BCUT2D eigenvalue weighted by atomic mass is 35.5. The number of benzene rings is 2. The number of hydrogen-bond acceptors (Lipinski definition) is 5. The minimum absolute atomic E-state index is 0.0443. The fourth-order valence-corrected chi connectivity index (χ4v) is 5.87. The fraction of sp³-hybridized carbons (Fsp3) is 0.167. The van der Waals surface area contributed by atoms with Crippen molar-refractivity contribution in [3.8, 4) is 27.9 Å². The van der Waals surface area contributed by atoms with E-state index in [0.717, 1.165) is 31.5 Å². The van der Waals surface area contributed by atoms with Gasteiger partial charge in [0.1, 0.15) is 11.6 Å². The minimum atomic E-state index is -0.366. The number of para-hydroxylation sites is 1. The van der Waals surface area contributed by atoms with Gasteiger partial charge in [0.05, 0.1) is 16.3 Å². The van der Waals surface area contributed by atoms with Crippen molar-refractivity contribution in [3.63, 3.8) is 0 Å². The third-order valence-corrected chi connectivity index (χ3v) is 7.40. The lowest BCUT2D eigenvalue weighted by Crippen LogP contribution is -2.35. The molecule has 2 heterocycles. The molecule has 0 saturated heterocycles. The van der Waals surface area contributed by atoms with Crippen LogP contribution in [0.1, 0.15) is 30.8 Å². The van der Waals surface area contributed by atoms with Gasteiger partial charge in [-0.25, -0.2) is 4.68 Å². The van der Waals surface area contributed by atoms with E-state index in [1.54, 1.807) is 24.3 Å². The Kier molecular flexibility index (Phi) is 4.90. The molecule has 2 aromatic carbocycles. The summed E-state index contributed by atoms with van der Waals surface area (Å²) in [4.78, 5) is 0.925. The second kappa shape index (κ2) is 7.52. The molecule has 0 amide bonds. The van der Waals surface area contributed by atoms with E-state index in [1.165, 1.54) is 16.0 Å². The standard InChI is InChI=1S/C24H18ClN5S2/c1-24(2)12-18-20(32-23(31)29(18)15-6-4-3-5-7-15)19-17(13-26)22(27)30(28-21(19)24)16-10-8-14(25)9-11-16/h3-11,27H,12H2,1-2H3. The van der Waals surface area contributed by atoms with E-state index in [9.17, 15) is 5.26 Å². The van der Waals surface area contributed by atoms with Crippen LogP contribution in [0.25, 0.3) is 21.8 Å². The van der Waals surface area contributed by atoms with Crippen LogP contribution in [0.3, 0.4) is 0 Å². The average molecular weight is 476 g/mol. The Bertz CT molecular complexity index is 1520. The maximum absolute atomic E-state index is 10.1. The smallest absolute Gasteiger partial charge is 0.166 e. The first-order valence-corrected chi connectivity index (χ1v) is 11.6. The van der Waals surface area contributed by atoms with Gasteiger partial charge in [0.2, 0.25) is 0 Å². The lowest BCUT2D eigenvalue weighted by Gasteiger charge is -2.32. The van der Waals surface area contributed by atoms with Crippen molar-refractivity contribution < 1.29 is 0 Å². The minimum Gasteiger partial charge on any atom is -0.295 e. The largest absolute Gasteiger partial charge is 0.295 e. The van der Waals surface area contributed by atoms with E-state index in [0.29, 0.717) is 22.7 Å². The highest BCUT2D eigenvalue weighted by Gasteiger charge is 2.38. The first-order chi connectivity index (χ1) is 15.3. The van der Waals surface area contributed by atoms with Crippen molar-refractivity contribution in [1.82, 2.24) is 14.3 Å². The lowest BCUT2D eigenvalue weighted by molar-refractivity contribution is 0.473. The monoisotopic (exact) mass is 475 g/mol. The molecular formula is C24H18ClN5S2. The molecule has 0 atom stereocenters. The van der Waals surface area contributed by atoms with Crippen molar-refractivity contribution in [2.45, 2.75) is 25.7 Å². The van der Waals surface area contributed by atoms with E-state index >= 15 is 0 Å². The van der Waals surface area contributed by atoms with Crippen molar-refractivity contribution in [2.75, 3.05) is 0 Å². The number of nitrogens with zero attached hydrogens (tertiary/aromatic N) is 4. The third kappa shape index (κ3) is 3.15. The van der Waals surface area contributed by atoms with E-state index in [2.05, 4.69) is 24.5 Å². The molecule has 5 nitrogen and oxygen atoms in total. The molecule has 32 heavy (non-hydrogen) atoms. The number of fused-ring (bicyclic) bond motifs is 3. The summed E-state index contributed by atoms with van der Waals surface area (Å²) in [7, 11) is 0. The van der Waals surface area contributed by atoms with Crippen molar-refractivity contribution in [3.05, 3.63) is 86.0 Å². The molecule has 0 saturated carbocycles. The molecule has 0 aliphatic heterocycles. The zero-order valence-electron chi connectivity index (χ0n) is 17.4. The van der Waals surface area contributed by atoms with Gasteiger partial charge < -0.3 is 0 Å². The summed E-state index contributed by atoms with van der Waals surface area (Å²) in [5, 5.41) is 24.4. The van der Waals surface area contributed by atoms with Crippen LogP contribution in [-0.2, 0) is 11.8 Å².